The first-order chi connectivity index (χ1) is 1.00. The summed E-state index contributed by atoms with van der Waals surface area (Å²) in [6, 6.07) is 0. The van der Waals surface area contributed by atoms with Crippen molar-refractivity contribution in [2.75, 3.05) is 0 Å². The van der Waals surface area contributed by atoms with Gasteiger partial charge >= 0.3 is 76.0 Å². The minimum atomic E-state index is 0. The van der Waals surface area contributed by atoms with Crippen LogP contribution in [0.15, 0.2) is 0 Å². The fourth-order valence-electron chi connectivity index (χ4n) is 0. The summed E-state index contributed by atoms with van der Waals surface area (Å²) >= 11 is 0.125. The van der Waals surface area contributed by atoms with Gasteiger partial charge in [-0.1, -0.05) is 0 Å². The first kappa shape index (κ1) is 24.6. The van der Waals surface area contributed by atoms with Crippen LogP contribution in [0.3, 0.4) is 0 Å². The van der Waals surface area contributed by atoms with Crippen LogP contribution in [0.2, 0.25) is 0 Å². The summed E-state index contributed by atoms with van der Waals surface area (Å²) in [5.41, 5.74) is 0. The molecule has 0 spiro atoms. The molecular weight excluding hydrogens is 447 g/mol. The molecule has 0 aliphatic rings. The maximum atomic E-state index is 8.38. The van der Waals surface area contributed by atoms with Crippen molar-refractivity contribution in [3.05, 3.63) is 0 Å². The third kappa shape index (κ3) is 19.6. The van der Waals surface area contributed by atoms with E-state index in [0.29, 0.717) is 0 Å². The molecule has 0 atom stereocenters. The van der Waals surface area contributed by atoms with Crippen molar-refractivity contribution < 1.29 is 34.8 Å². The molecule has 0 aliphatic heterocycles. The normalized spacial score (nSPS) is 0.800. The third-order valence-electron chi connectivity index (χ3n) is 0. The number of hydrogen-bond acceptors (Lipinski definition) is 1. The Kier molecular flexibility index (Phi) is 139. The van der Waals surface area contributed by atoms with Gasteiger partial charge in [-0.25, -0.2) is 0 Å². The molecule has 5 heteroatoms. The van der Waals surface area contributed by atoms with Gasteiger partial charge in [0.15, 0.2) is 0 Å². The minimum absolute atomic E-state index is 0. The summed E-state index contributed by atoms with van der Waals surface area (Å²) in [4.78, 5) is 0. The van der Waals surface area contributed by atoms with E-state index in [9.17, 15) is 0 Å². The fraction of sp³-hybridized carbons (Fsp3) is 0. The Morgan fingerprint density at radius 2 is 1.40 bits per heavy atom. The standard InChI is InChI=1S/Bi.GeH2O.HI.Na.4H/c;1-2;;;;;;/h;1H2;1H;;;;;/q;;;+1;;;;-1. The molecule has 0 unspecified atom stereocenters. The molecule has 0 rings (SSSR count). The van der Waals surface area contributed by atoms with Gasteiger partial charge in [0.05, 0.1) is 0 Å². The molecule has 5 heavy (non-hydrogen) atoms. The van der Waals surface area contributed by atoms with E-state index in [1.54, 1.807) is 0 Å². The molecule has 30 valence electrons. The summed E-state index contributed by atoms with van der Waals surface area (Å²) in [6.07, 6.45) is 0. The topological polar surface area (TPSA) is 17.1 Å². The Morgan fingerprint density at radius 3 is 1.40 bits per heavy atom. The van der Waals surface area contributed by atoms with E-state index in [0.717, 1.165) is 0 Å². The summed E-state index contributed by atoms with van der Waals surface area (Å²) in [6.45, 7) is 0. The van der Waals surface area contributed by atoms with Crippen LogP contribution in [0.5, 0.6) is 0 Å². The third-order valence-corrected chi connectivity index (χ3v) is 0. The monoisotopic (exact) mass is 456 g/mol. The summed E-state index contributed by atoms with van der Waals surface area (Å²) in [7, 11) is 0. The van der Waals surface area contributed by atoms with Crippen LogP contribution >= 0.6 is 24.0 Å². The Morgan fingerprint density at radius 1 is 1.40 bits per heavy atom. The van der Waals surface area contributed by atoms with E-state index in [1.807, 2.05) is 0 Å². The first-order valence-corrected chi connectivity index (χ1v) is 1.50. The van der Waals surface area contributed by atoms with E-state index in [-0.39, 0.29) is 97.6 Å². The van der Waals surface area contributed by atoms with Crippen LogP contribution in [-0.2, 0) is 3.78 Å². The molecule has 0 aromatic heterocycles. The van der Waals surface area contributed by atoms with Gasteiger partial charge in [-0.15, -0.1) is 24.0 Å². The van der Waals surface area contributed by atoms with Crippen molar-refractivity contribution in [3.8, 4) is 0 Å². The molecule has 1 nitrogen and oxygen atoms in total. The molecule has 0 fully saturated rings. The van der Waals surface area contributed by atoms with Crippen molar-refractivity contribution in [1.82, 2.24) is 0 Å². The molecule has 0 N–H and O–H groups in total. The molecule has 0 radical (unpaired) electrons. The number of rotatable bonds is 0. The zero-order valence-corrected chi connectivity index (χ0v) is 16.0. The Balaban J connectivity index is -0.000000000833. The van der Waals surface area contributed by atoms with Gasteiger partial charge in [0.25, 0.3) is 0 Å². The molecule has 0 saturated heterocycles. The Hall–Kier alpha value is 2.96. The van der Waals surface area contributed by atoms with E-state index < -0.39 is 0 Å². The molecular formula is H7BiGeINaO. The van der Waals surface area contributed by atoms with Crippen molar-refractivity contribution in [1.29, 1.82) is 0 Å². The maximum absolute atomic E-state index is 8.38. The SMILES string of the molecule is I.[BiH3].[H-].[Na+].[O]=[GeH2]. The molecule has 0 bridgehead atoms. The molecule has 0 amide bonds. The molecule has 0 saturated carbocycles. The van der Waals surface area contributed by atoms with Gasteiger partial charge in [0, 0.05) is 0 Å². The molecule has 0 aliphatic carbocycles. The zero-order chi connectivity index (χ0) is 2.00. The van der Waals surface area contributed by atoms with Crippen molar-refractivity contribution >= 4 is 66.6 Å². The van der Waals surface area contributed by atoms with Gasteiger partial charge in [-0.05, 0) is 0 Å². The van der Waals surface area contributed by atoms with Crippen molar-refractivity contribution in [3.63, 3.8) is 0 Å². The molecule has 0 aromatic rings. The van der Waals surface area contributed by atoms with E-state index in [4.69, 9.17) is 3.78 Å². The van der Waals surface area contributed by atoms with Crippen LogP contribution in [0.4, 0.5) is 0 Å². The van der Waals surface area contributed by atoms with E-state index >= 15 is 0 Å². The summed E-state index contributed by atoms with van der Waals surface area (Å²) in [5, 5.41) is 0. The van der Waals surface area contributed by atoms with Gasteiger partial charge in [-0.2, -0.15) is 0 Å². The van der Waals surface area contributed by atoms with Gasteiger partial charge < -0.3 is 1.43 Å². The molecule has 0 aromatic carbocycles. The Labute approximate surface area is 99.4 Å². The van der Waals surface area contributed by atoms with E-state index in [1.165, 1.54) is 0 Å². The van der Waals surface area contributed by atoms with Crippen LogP contribution in [0, 0.1) is 0 Å². The predicted octanol–water partition coefficient (Wildman–Crippen LogP) is -4.48. The number of hydrogen-bond donors (Lipinski definition) is 0. The van der Waals surface area contributed by atoms with Crippen LogP contribution in [-0.4, -0.2) is 42.7 Å². The summed E-state index contributed by atoms with van der Waals surface area (Å²) in [5.74, 6) is 0. The van der Waals surface area contributed by atoms with E-state index in [2.05, 4.69) is 0 Å². The van der Waals surface area contributed by atoms with Crippen molar-refractivity contribution in [2.45, 2.75) is 0 Å². The molecule has 0 heterocycles. The fourth-order valence-corrected chi connectivity index (χ4v) is 0. The van der Waals surface area contributed by atoms with Gasteiger partial charge in [-0.3, -0.25) is 0 Å². The Bertz CT molecular complexity index is 15.5. The van der Waals surface area contributed by atoms with Crippen LogP contribution < -0.4 is 29.6 Å². The summed E-state index contributed by atoms with van der Waals surface area (Å²) < 4.78 is 8.38. The van der Waals surface area contributed by atoms with Crippen LogP contribution in [0.1, 0.15) is 1.43 Å². The zero-order valence-electron chi connectivity index (χ0n) is 4.23. The van der Waals surface area contributed by atoms with Crippen molar-refractivity contribution in [2.24, 2.45) is 0 Å². The second-order valence-corrected chi connectivity index (χ2v) is 0. The quantitative estimate of drug-likeness (QED) is 0.267. The average molecular weight is 455 g/mol. The predicted molar refractivity (Wildman–Crippen MR) is 35.7 cm³/mol. The second-order valence-electron chi connectivity index (χ2n) is 0. The van der Waals surface area contributed by atoms with Crippen LogP contribution in [0.25, 0.3) is 0 Å². The average Bonchev–Trinajstić information content (AvgIpc) is 1.00. The first-order valence-electron chi connectivity index (χ1n) is 0.289. The van der Waals surface area contributed by atoms with Gasteiger partial charge in [0.1, 0.15) is 0 Å². The van der Waals surface area contributed by atoms with Gasteiger partial charge in [0.2, 0.25) is 0 Å². The number of halogens is 1. The second kappa shape index (κ2) is 28.2.